The van der Waals surface area contributed by atoms with Crippen molar-refractivity contribution in [1.29, 1.82) is 0 Å². The molecule has 0 bridgehead atoms. The highest BCUT2D eigenvalue weighted by atomic mass is 19.1. The van der Waals surface area contributed by atoms with Gasteiger partial charge < -0.3 is 14.8 Å². The van der Waals surface area contributed by atoms with Crippen LogP contribution in [0.5, 0.6) is 5.75 Å². The van der Waals surface area contributed by atoms with E-state index in [0.29, 0.717) is 31.0 Å². The molecule has 5 heteroatoms. The van der Waals surface area contributed by atoms with E-state index >= 15 is 0 Å². The van der Waals surface area contributed by atoms with Crippen LogP contribution >= 0.6 is 0 Å². The Kier molecular flexibility index (Phi) is 3.05. The van der Waals surface area contributed by atoms with Gasteiger partial charge in [0.05, 0.1) is 12.7 Å². The molecule has 0 aromatic heterocycles. The van der Waals surface area contributed by atoms with Gasteiger partial charge in [-0.1, -0.05) is 0 Å². The van der Waals surface area contributed by atoms with Crippen molar-refractivity contribution in [3.63, 3.8) is 0 Å². The van der Waals surface area contributed by atoms with Crippen molar-refractivity contribution in [3.8, 4) is 5.75 Å². The van der Waals surface area contributed by atoms with Crippen LogP contribution in [0.15, 0.2) is 12.1 Å². The average molecular weight is 225 g/mol. The van der Waals surface area contributed by atoms with Gasteiger partial charge in [-0.25, -0.2) is 9.18 Å². The Morgan fingerprint density at radius 2 is 2.38 bits per heavy atom. The predicted octanol–water partition coefficient (Wildman–Crippen LogP) is 1.09. The molecule has 1 aromatic carbocycles. The molecule has 0 spiro atoms. The maximum atomic E-state index is 13.7. The Labute approximate surface area is 92.4 Å². The highest BCUT2D eigenvalue weighted by Crippen LogP contribution is 2.25. The van der Waals surface area contributed by atoms with Crippen molar-refractivity contribution >= 4 is 5.97 Å². The van der Waals surface area contributed by atoms with Gasteiger partial charge in [0.25, 0.3) is 0 Å². The average Bonchev–Trinajstić information content (AvgIpc) is 2.53. The summed E-state index contributed by atoms with van der Waals surface area (Å²) in [5, 5.41) is 3.03. The first-order valence-electron chi connectivity index (χ1n) is 4.96. The third kappa shape index (κ3) is 1.99. The molecule has 2 rings (SSSR count). The number of carbonyl (C=O) groups is 1. The predicted molar refractivity (Wildman–Crippen MR) is 54.9 cm³/mol. The van der Waals surface area contributed by atoms with Crippen LogP contribution in [0, 0.1) is 5.82 Å². The van der Waals surface area contributed by atoms with Gasteiger partial charge in [0, 0.05) is 18.7 Å². The zero-order valence-corrected chi connectivity index (χ0v) is 8.88. The van der Waals surface area contributed by atoms with Gasteiger partial charge >= 0.3 is 5.97 Å². The summed E-state index contributed by atoms with van der Waals surface area (Å²) in [6, 6.07) is 2.68. The quantitative estimate of drug-likeness (QED) is 0.727. The summed E-state index contributed by atoms with van der Waals surface area (Å²) < 4.78 is 23.6. The van der Waals surface area contributed by atoms with Gasteiger partial charge in [0.2, 0.25) is 0 Å². The smallest absolute Gasteiger partial charge is 0.338 e. The van der Waals surface area contributed by atoms with Gasteiger partial charge in [0.15, 0.2) is 0 Å². The maximum Gasteiger partial charge on any atom is 0.338 e. The van der Waals surface area contributed by atoms with Crippen molar-refractivity contribution in [2.45, 2.75) is 6.54 Å². The van der Waals surface area contributed by atoms with Crippen LogP contribution in [0.25, 0.3) is 0 Å². The first-order chi connectivity index (χ1) is 7.72. The SMILES string of the molecule is COC(=O)c1cc(F)c2c(c1)OCCNC2. The standard InChI is InChI=1S/C11H12FNO3/c1-15-11(14)7-4-9(12)8-6-13-2-3-16-10(8)5-7/h4-5,13H,2-3,6H2,1H3. The fourth-order valence-corrected chi connectivity index (χ4v) is 1.59. The van der Waals surface area contributed by atoms with Gasteiger partial charge in [-0.05, 0) is 12.1 Å². The minimum Gasteiger partial charge on any atom is -0.492 e. The molecule has 0 fully saturated rings. The lowest BCUT2D eigenvalue weighted by Gasteiger charge is -2.09. The maximum absolute atomic E-state index is 13.7. The van der Waals surface area contributed by atoms with E-state index in [1.54, 1.807) is 0 Å². The van der Waals surface area contributed by atoms with Crippen LogP contribution < -0.4 is 10.1 Å². The molecular weight excluding hydrogens is 213 g/mol. The van der Waals surface area contributed by atoms with E-state index < -0.39 is 11.8 Å². The Balaban J connectivity index is 2.43. The molecule has 1 heterocycles. The molecule has 1 aliphatic rings. The van der Waals surface area contributed by atoms with Gasteiger partial charge in [-0.15, -0.1) is 0 Å². The summed E-state index contributed by atoms with van der Waals surface area (Å²) in [5.41, 5.74) is 0.616. The fourth-order valence-electron chi connectivity index (χ4n) is 1.59. The number of halogens is 1. The second kappa shape index (κ2) is 4.49. The van der Waals surface area contributed by atoms with Crippen molar-refractivity contribution in [1.82, 2.24) is 5.32 Å². The summed E-state index contributed by atoms with van der Waals surface area (Å²) in [6.07, 6.45) is 0. The number of methoxy groups -OCH3 is 1. The summed E-state index contributed by atoms with van der Waals surface area (Å²) in [7, 11) is 1.26. The van der Waals surface area contributed by atoms with Crippen molar-refractivity contribution in [2.24, 2.45) is 0 Å². The monoisotopic (exact) mass is 225 g/mol. The number of carbonyl (C=O) groups excluding carboxylic acids is 1. The highest BCUT2D eigenvalue weighted by Gasteiger charge is 2.17. The van der Waals surface area contributed by atoms with E-state index in [1.807, 2.05) is 0 Å². The normalized spacial score (nSPS) is 14.6. The summed E-state index contributed by atoms with van der Waals surface area (Å²) in [4.78, 5) is 11.3. The molecular formula is C11H12FNO3. The molecule has 0 saturated heterocycles. The molecule has 1 aromatic rings. The van der Waals surface area contributed by atoms with E-state index in [0.717, 1.165) is 0 Å². The number of rotatable bonds is 1. The van der Waals surface area contributed by atoms with Crippen LogP contribution in [0.3, 0.4) is 0 Å². The van der Waals surface area contributed by atoms with Gasteiger partial charge in [0.1, 0.15) is 18.2 Å². The Morgan fingerprint density at radius 3 is 3.12 bits per heavy atom. The molecule has 1 aliphatic heterocycles. The Hall–Kier alpha value is -1.62. The third-order valence-corrected chi connectivity index (χ3v) is 2.41. The van der Waals surface area contributed by atoms with Gasteiger partial charge in [-0.3, -0.25) is 0 Å². The number of esters is 1. The number of fused-ring (bicyclic) bond motifs is 1. The molecule has 0 unspecified atom stereocenters. The van der Waals surface area contributed by atoms with Crippen LogP contribution in [0.2, 0.25) is 0 Å². The van der Waals surface area contributed by atoms with Gasteiger partial charge in [-0.2, -0.15) is 0 Å². The van der Waals surface area contributed by atoms with Crippen LogP contribution in [0.4, 0.5) is 4.39 Å². The van der Waals surface area contributed by atoms with E-state index in [9.17, 15) is 9.18 Å². The van der Waals surface area contributed by atoms with E-state index in [-0.39, 0.29) is 5.56 Å². The van der Waals surface area contributed by atoms with Crippen LogP contribution in [0.1, 0.15) is 15.9 Å². The molecule has 1 N–H and O–H groups in total. The zero-order valence-electron chi connectivity index (χ0n) is 8.88. The fraction of sp³-hybridized carbons (Fsp3) is 0.364. The molecule has 0 radical (unpaired) electrons. The lowest BCUT2D eigenvalue weighted by Crippen LogP contribution is -2.16. The topological polar surface area (TPSA) is 47.6 Å². The summed E-state index contributed by atoms with van der Waals surface area (Å²) in [5.74, 6) is -0.611. The Bertz CT molecular complexity index is 420. The number of nitrogens with one attached hydrogen (secondary N) is 1. The molecule has 0 amide bonds. The lowest BCUT2D eigenvalue weighted by atomic mass is 10.1. The van der Waals surface area contributed by atoms with E-state index in [4.69, 9.17) is 4.74 Å². The van der Waals surface area contributed by atoms with Crippen molar-refractivity contribution in [2.75, 3.05) is 20.3 Å². The van der Waals surface area contributed by atoms with Crippen molar-refractivity contribution < 1.29 is 18.7 Å². The summed E-state index contributed by atoms with van der Waals surface area (Å²) in [6.45, 7) is 1.52. The molecule has 4 nitrogen and oxygen atoms in total. The third-order valence-electron chi connectivity index (χ3n) is 2.41. The second-order valence-electron chi connectivity index (χ2n) is 3.45. The number of hydrogen-bond donors (Lipinski definition) is 1. The molecule has 86 valence electrons. The lowest BCUT2D eigenvalue weighted by molar-refractivity contribution is 0.0599. The van der Waals surface area contributed by atoms with E-state index in [1.165, 1.54) is 19.2 Å². The minimum atomic E-state index is -0.567. The number of hydrogen-bond acceptors (Lipinski definition) is 4. The minimum absolute atomic E-state index is 0.167. The van der Waals surface area contributed by atoms with Crippen LogP contribution in [-0.4, -0.2) is 26.2 Å². The molecule has 0 atom stereocenters. The largest absolute Gasteiger partial charge is 0.492 e. The molecule has 16 heavy (non-hydrogen) atoms. The second-order valence-corrected chi connectivity index (χ2v) is 3.45. The molecule has 0 aliphatic carbocycles. The van der Waals surface area contributed by atoms with E-state index in [2.05, 4.69) is 10.1 Å². The first-order valence-corrected chi connectivity index (χ1v) is 4.96. The number of ether oxygens (including phenoxy) is 2. The molecule has 0 saturated carbocycles. The Morgan fingerprint density at radius 1 is 1.56 bits per heavy atom. The van der Waals surface area contributed by atoms with Crippen LogP contribution in [-0.2, 0) is 11.3 Å². The highest BCUT2D eigenvalue weighted by molar-refractivity contribution is 5.90. The summed E-state index contributed by atoms with van der Waals surface area (Å²) >= 11 is 0. The first kappa shape index (κ1) is 10.9. The zero-order chi connectivity index (χ0) is 11.5. The van der Waals surface area contributed by atoms with Crippen molar-refractivity contribution in [3.05, 3.63) is 29.1 Å². The number of benzene rings is 1.